The Hall–Kier alpha value is -2.32. The van der Waals surface area contributed by atoms with Gasteiger partial charge in [-0.2, -0.15) is 5.26 Å². The Kier molecular flexibility index (Phi) is 3.86. The molecule has 0 atom stereocenters. The van der Waals surface area contributed by atoms with Gasteiger partial charge in [0, 0.05) is 25.6 Å². The Labute approximate surface area is 128 Å². The van der Waals surface area contributed by atoms with Crippen molar-refractivity contribution in [1.29, 1.82) is 5.26 Å². The number of rotatable bonds is 2. The van der Waals surface area contributed by atoms with Gasteiger partial charge in [-0.1, -0.05) is 0 Å². The van der Waals surface area contributed by atoms with Crippen molar-refractivity contribution in [3.05, 3.63) is 39.8 Å². The second kappa shape index (κ2) is 5.82. The highest BCUT2D eigenvalue weighted by atomic mass is 16.5. The highest BCUT2D eigenvalue weighted by Crippen LogP contribution is 2.35. The van der Waals surface area contributed by atoms with Crippen molar-refractivity contribution in [3.63, 3.8) is 0 Å². The molecule has 0 aliphatic carbocycles. The third-order valence-electron chi connectivity index (χ3n) is 4.38. The van der Waals surface area contributed by atoms with E-state index in [-0.39, 0.29) is 11.5 Å². The Morgan fingerprint density at radius 2 is 2.05 bits per heavy atom. The van der Waals surface area contributed by atoms with Crippen molar-refractivity contribution >= 4 is 10.8 Å². The van der Waals surface area contributed by atoms with E-state index in [9.17, 15) is 10.1 Å². The van der Waals surface area contributed by atoms with Crippen LogP contribution in [0.4, 0.5) is 0 Å². The Morgan fingerprint density at radius 1 is 1.32 bits per heavy atom. The summed E-state index contributed by atoms with van der Waals surface area (Å²) in [5.41, 5.74) is 1.24. The van der Waals surface area contributed by atoms with Gasteiger partial charge in [-0.15, -0.1) is 0 Å². The summed E-state index contributed by atoms with van der Waals surface area (Å²) in [5, 5.41) is 11.0. The predicted octanol–water partition coefficient (Wildman–Crippen LogP) is 2.31. The summed E-state index contributed by atoms with van der Waals surface area (Å²) in [7, 11) is 3.26. The van der Waals surface area contributed by atoms with Crippen LogP contribution < -0.4 is 10.3 Å². The fourth-order valence-corrected chi connectivity index (χ4v) is 3.18. The topological polar surface area (TPSA) is 64.2 Å². The maximum absolute atomic E-state index is 12.5. The van der Waals surface area contributed by atoms with Crippen LogP contribution >= 0.6 is 0 Å². The van der Waals surface area contributed by atoms with Crippen LogP contribution in [0.2, 0.25) is 0 Å². The zero-order chi connectivity index (χ0) is 15.7. The van der Waals surface area contributed by atoms with E-state index in [1.165, 1.54) is 4.57 Å². The molecule has 0 bridgehead atoms. The van der Waals surface area contributed by atoms with E-state index < -0.39 is 0 Å². The molecule has 0 N–H and O–H groups in total. The monoisotopic (exact) mass is 298 g/mol. The molecule has 2 aromatic rings. The van der Waals surface area contributed by atoms with Gasteiger partial charge in [0.25, 0.3) is 5.56 Å². The van der Waals surface area contributed by atoms with E-state index in [4.69, 9.17) is 9.47 Å². The minimum atomic E-state index is -0.148. The molecule has 1 aliphatic heterocycles. The smallest absolute Gasteiger partial charge is 0.259 e. The highest BCUT2D eigenvalue weighted by molar-refractivity contribution is 5.88. The van der Waals surface area contributed by atoms with Gasteiger partial charge in [-0.25, -0.2) is 0 Å². The molecular formula is C17H18N2O3. The van der Waals surface area contributed by atoms with Gasteiger partial charge in [-0.3, -0.25) is 4.79 Å². The molecule has 5 nitrogen and oxygen atoms in total. The first-order valence-corrected chi connectivity index (χ1v) is 7.36. The van der Waals surface area contributed by atoms with Crippen molar-refractivity contribution in [2.45, 2.75) is 18.8 Å². The fraction of sp³-hybridized carbons (Fsp3) is 0.412. The maximum atomic E-state index is 12.5. The number of aromatic nitrogens is 1. The zero-order valence-electron chi connectivity index (χ0n) is 12.8. The molecule has 22 heavy (non-hydrogen) atoms. The molecule has 2 heterocycles. The van der Waals surface area contributed by atoms with Crippen LogP contribution in [0, 0.1) is 11.3 Å². The van der Waals surface area contributed by atoms with Crippen molar-refractivity contribution in [3.8, 4) is 11.8 Å². The van der Waals surface area contributed by atoms with Crippen LogP contribution in [-0.4, -0.2) is 24.9 Å². The van der Waals surface area contributed by atoms with Gasteiger partial charge in [0.2, 0.25) is 0 Å². The minimum absolute atomic E-state index is 0.148. The SMILES string of the molecule is COc1ccc2c(=O)n(C)c(C#N)c(C3CCOCC3)c2c1. The molecule has 5 heteroatoms. The number of fused-ring (bicyclic) bond motifs is 1. The summed E-state index contributed by atoms with van der Waals surface area (Å²) < 4.78 is 12.2. The number of benzene rings is 1. The van der Waals surface area contributed by atoms with Crippen molar-refractivity contribution in [2.24, 2.45) is 7.05 Å². The van der Waals surface area contributed by atoms with E-state index in [1.807, 2.05) is 6.07 Å². The number of hydrogen-bond donors (Lipinski definition) is 0. The highest BCUT2D eigenvalue weighted by Gasteiger charge is 2.24. The summed E-state index contributed by atoms with van der Waals surface area (Å²) in [6.45, 7) is 1.37. The lowest BCUT2D eigenvalue weighted by atomic mass is 9.87. The number of ether oxygens (including phenoxy) is 2. The molecule has 1 aromatic carbocycles. The van der Waals surface area contributed by atoms with Crippen LogP contribution in [0.15, 0.2) is 23.0 Å². The average molecular weight is 298 g/mol. The zero-order valence-corrected chi connectivity index (χ0v) is 12.8. The minimum Gasteiger partial charge on any atom is -0.497 e. The van der Waals surface area contributed by atoms with E-state index in [0.717, 1.165) is 23.8 Å². The number of nitrogens with zero attached hydrogens (tertiary/aromatic N) is 2. The van der Waals surface area contributed by atoms with Gasteiger partial charge in [0.15, 0.2) is 0 Å². The summed E-state index contributed by atoms with van der Waals surface area (Å²) in [5.74, 6) is 0.919. The molecule has 1 fully saturated rings. The Bertz CT molecular complexity index is 811. The lowest BCUT2D eigenvalue weighted by Gasteiger charge is -2.25. The fourth-order valence-electron chi connectivity index (χ4n) is 3.18. The number of methoxy groups -OCH3 is 1. The van der Waals surface area contributed by atoms with Gasteiger partial charge in [0.05, 0.1) is 7.11 Å². The van der Waals surface area contributed by atoms with Gasteiger partial charge in [0.1, 0.15) is 17.5 Å². The second-order valence-corrected chi connectivity index (χ2v) is 5.54. The third kappa shape index (κ3) is 2.26. The first kappa shape index (κ1) is 14.6. The largest absolute Gasteiger partial charge is 0.497 e. The molecule has 1 aliphatic rings. The average Bonchev–Trinajstić information content (AvgIpc) is 2.58. The molecule has 0 amide bonds. The second-order valence-electron chi connectivity index (χ2n) is 5.54. The standard InChI is InChI=1S/C17H18N2O3/c1-19-15(10-18)16(11-5-7-22-8-6-11)14-9-12(21-2)3-4-13(14)17(19)20/h3-4,9,11H,5-8H2,1-2H3. The van der Waals surface area contributed by atoms with Gasteiger partial charge >= 0.3 is 0 Å². The predicted molar refractivity (Wildman–Crippen MR) is 83.3 cm³/mol. The van der Waals surface area contributed by atoms with Crippen LogP contribution in [0.25, 0.3) is 10.8 Å². The molecule has 0 spiro atoms. The van der Waals surface area contributed by atoms with Crippen molar-refractivity contribution in [1.82, 2.24) is 4.57 Å². The van der Waals surface area contributed by atoms with Crippen molar-refractivity contribution in [2.75, 3.05) is 20.3 Å². The molecule has 1 saturated heterocycles. The molecule has 1 aromatic heterocycles. The van der Waals surface area contributed by atoms with E-state index in [0.29, 0.717) is 30.0 Å². The van der Waals surface area contributed by atoms with Crippen LogP contribution in [-0.2, 0) is 11.8 Å². The summed E-state index contributed by atoms with van der Waals surface area (Å²) >= 11 is 0. The lowest BCUT2D eigenvalue weighted by Crippen LogP contribution is -2.24. The molecule has 0 radical (unpaired) electrons. The summed E-state index contributed by atoms with van der Waals surface area (Å²) in [6, 6.07) is 7.64. The van der Waals surface area contributed by atoms with Crippen LogP contribution in [0.5, 0.6) is 5.75 Å². The maximum Gasteiger partial charge on any atom is 0.259 e. The van der Waals surface area contributed by atoms with Crippen molar-refractivity contribution < 1.29 is 9.47 Å². The first-order valence-electron chi connectivity index (χ1n) is 7.36. The quantitative estimate of drug-likeness (QED) is 0.853. The number of nitriles is 1. The Balaban J connectivity index is 2.37. The normalized spacial score (nSPS) is 15.7. The molecular weight excluding hydrogens is 280 g/mol. The van der Waals surface area contributed by atoms with Crippen LogP contribution in [0.3, 0.4) is 0 Å². The number of pyridine rings is 1. The van der Waals surface area contributed by atoms with E-state index >= 15 is 0 Å². The molecule has 0 saturated carbocycles. The third-order valence-corrected chi connectivity index (χ3v) is 4.38. The van der Waals surface area contributed by atoms with Gasteiger partial charge < -0.3 is 14.0 Å². The van der Waals surface area contributed by atoms with Crippen LogP contribution in [0.1, 0.15) is 30.0 Å². The van der Waals surface area contributed by atoms with Gasteiger partial charge in [-0.05, 0) is 47.9 Å². The van der Waals surface area contributed by atoms with E-state index in [2.05, 4.69) is 6.07 Å². The summed E-state index contributed by atoms with van der Waals surface area (Å²) in [6.07, 6.45) is 1.72. The Morgan fingerprint density at radius 3 is 2.68 bits per heavy atom. The lowest BCUT2D eigenvalue weighted by molar-refractivity contribution is 0.0854. The number of hydrogen-bond acceptors (Lipinski definition) is 4. The summed E-state index contributed by atoms with van der Waals surface area (Å²) in [4.78, 5) is 12.5. The van der Waals surface area contributed by atoms with E-state index in [1.54, 1.807) is 26.3 Å². The first-order chi connectivity index (χ1) is 10.7. The molecule has 3 rings (SSSR count). The molecule has 0 unspecified atom stereocenters. The molecule has 114 valence electrons.